The summed E-state index contributed by atoms with van der Waals surface area (Å²) < 4.78 is 0. The molecule has 0 aliphatic rings. The molecule has 0 bridgehead atoms. The van der Waals surface area contributed by atoms with Crippen LogP contribution in [0.25, 0.3) is 0 Å². The van der Waals surface area contributed by atoms with Gasteiger partial charge in [-0.25, -0.2) is 0 Å². The topological polar surface area (TPSA) is 43.1 Å². The Morgan fingerprint density at radius 2 is 1.86 bits per heavy atom. The Bertz CT molecular complexity index is 166. The molecule has 2 unspecified atom stereocenters. The predicted octanol–water partition coefficient (Wildman–Crippen LogP) is 2.61. The molecule has 0 rings (SSSR count). The minimum atomic E-state index is 0.0870. The molecular weight excluding hydrogens is 174 g/mol. The maximum Gasteiger partial charge on any atom is 0.137 e. The summed E-state index contributed by atoms with van der Waals surface area (Å²) >= 11 is 0. The van der Waals surface area contributed by atoms with Gasteiger partial charge in [-0.05, 0) is 18.3 Å². The van der Waals surface area contributed by atoms with Crippen LogP contribution in [0.5, 0.6) is 0 Å². The third-order valence-electron chi connectivity index (χ3n) is 2.74. The van der Waals surface area contributed by atoms with Gasteiger partial charge in [0.05, 0.1) is 0 Å². The van der Waals surface area contributed by atoms with Crippen LogP contribution in [0.2, 0.25) is 0 Å². The average Bonchev–Trinajstić information content (AvgIpc) is 2.13. The quantitative estimate of drug-likeness (QED) is 0.685. The summed E-state index contributed by atoms with van der Waals surface area (Å²) in [5.74, 6) is 1.51. The first-order chi connectivity index (χ1) is 6.51. The van der Waals surface area contributed by atoms with E-state index in [4.69, 9.17) is 5.73 Å². The largest absolute Gasteiger partial charge is 0.330 e. The van der Waals surface area contributed by atoms with Crippen molar-refractivity contribution in [1.29, 1.82) is 0 Å². The molecule has 14 heavy (non-hydrogen) atoms. The van der Waals surface area contributed by atoms with Crippen LogP contribution in [0.15, 0.2) is 0 Å². The summed E-state index contributed by atoms with van der Waals surface area (Å²) in [6, 6.07) is 0. The summed E-state index contributed by atoms with van der Waals surface area (Å²) in [4.78, 5) is 11.8. The van der Waals surface area contributed by atoms with E-state index in [1.165, 1.54) is 0 Å². The molecule has 0 aromatic rings. The molecule has 0 radical (unpaired) electrons. The fourth-order valence-electron chi connectivity index (χ4n) is 1.58. The molecule has 0 saturated heterocycles. The van der Waals surface area contributed by atoms with Crippen LogP contribution in [-0.2, 0) is 4.79 Å². The Balaban J connectivity index is 4.04. The second-order valence-corrected chi connectivity index (χ2v) is 4.75. The zero-order chi connectivity index (χ0) is 11.1. The molecule has 2 N–H and O–H groups in total. The van der Waals surface area contributed by atoms with E-state index in [2.05, 4.69) is 27.7 Å². The number of rotatable bonds is 7. The van der Waals surface area contributed by atoms with Gasteiger partial charge >= 0.3 is 0 Å². The summed E-state index contributed by atoms with van der Waals surface area (Å²) in [6.07, 6.45) is 2.71. The fourth-order valence-corrected chi connectivity index (χ4v) is 1.58. The van der Waals surface area contributed by atoms with Crippen molar-refractivity contribution in [2.45, 2.75) is 47.0 Å². The van der Waals surface area contributed by atoms with Crippen molar-refractivity contribution in [2.75, 3.05) is 6.54 Å². The van der Waals surface area contributed by atoms with Crippen molar-refractivity contribution in [2.24, 2.45) is 23.5 Å². The first kappa shape index (κ1) is 13.6. The first-order valence-corrected chi connectivity index (χ1v) is 5.74. The molecule has 2 nitrogen and oxygen atoms in total. The van der Waals surface area contributed by atoms with Crippen LogP contribution in [0, 0.1) is 17.8 Å². The zero-order valence-electron chi connectivity index (χ0n) is 10.0. The molecule has 0 aromatic carbocycles. The predicted molar refractivity (Wildman–Crippen MR) is 61.1 cm³/mol. The molecule has 0 aromatic heterocycles. The molecule has 0 fully saturated rings. The molecule has 0 aliphatic carbocycles. The Morgan fingerprint density at radius 1 is 1.29 bits per heavy atom. The summed E-state index contributed by atoms with van der Waals surface area (Å²) in [7, 11) is 0. The molecule has 0 spiro atoms. The Labute approximate surface area is 88.3 Å². The number of Topliss-reactive ketones (excluding diaryl/α,β-unsaturated/α-hetero) is 1. The SMILES string of the molecule is CCC(C)CC(=O)C(CN)CC(C)C. The van der Waals surface area contributed by atoms with Crippen LogP contribution < -0.4 is 5.73 Å². The molecule has 0 aliphatic heterocycles. The summed E-state index contributed by atoms with van der Waals surface area (Å²) in [5, 5.41) is 0. The third kappa shape index (κ3) is 5.38. The second kappa shape index (κ2) is 6.99. The first-order valence-electron chi connectivity index (χ1n) is 5.74. The molecule has 0 saturated carbocycles. The summed E-state index contributed by atoms with van der Waals surface area (Å²) in [6.45, 7) is 9.03. The van der Waals surface area contributed by atoms with E-state index < -0.39 is 0 Å². The van der Waals surface area contributed by atoms with E-state index in [0.717, 1.165) is 12.8 Å². The highest BCUT2D eigenvalue weighted by atomic mass is 16.1. The van der Waals surface area contributed by atoms with Gasteiger partial charge in [0.25, 0.3) is 0 Å². The van der Waals surface area contributed by atoms with E-state index in [1.807, 2.05) is 0 Å². The van der Waals surface area contributed by atoms with Gasteiger partial charge in [0.2, 0.25) is 0 Å². The smallest absolute Gasteiger partial charge is 0.137 e. The highest BCUT2D eigenvalue weighted by Gasteiger charge is 2.19. The lowest BCUT2D eigenvalue weighted by Gasteiger charge is -2.17. The lowest BCUT2D eigenvalue weighted by Crippen LogP contribution is -2.26. The Kier molecular flexibility index (Phi) is 6.81. The average molecular weight is 199 g/mol. The number of ketones is 1. The van der Waals surface area contributed by atoms with Gasteiger partial charge in [0.15, 0.2) is 0 Å². The van der Waals surface area contributed by atoms with Crippen molar-refractivity contribution in [1.82, 2.24) is 0 Å². The third-order valence-corrected chi connectivity index (χ3v) is 2.74. The standard InChI is InChI=1S/C12H25NO/c1-5-10(4)7-12(14)11(8-13)6-9(2)3/h9-11H,5-8,13H2,1-4H3. The lowest BCUT2D eigenvalue weighted by atomic mass is 9.88. The van der Waals surface area contributed by atoms with Crippen molar-refractivity contribution in [3.8, 4) is 0 Å². The Hall–Kier alpha value is -0.370. The monoisotopic (exact) mass is 199 g/mol. The molecule has 2 atom stereocenters. The Morgan fingerprint density at radius 3 is 2.21 bits per heavy atom. The van der Waals surface area contributed by atoms with Crippen molar-refractivity contribution in [3.63, 3.8) is 0 Å². The van der Waals surface area contributed by atoms with Crippen molar-refractivity contribution < 1.29 is 4.79 Å². The summed E-state index contributed by atoms with van der Waals surface area (Å²) in [5.41, 5.74) is 5.62. The van der Waals surface area contributed by atoms with Gasteiger partial charge in [-0.3, -0.25) is 4.79 Å². The van der Waals surface area contributed by atoms with Gasteiger partial charge in [0, 0.05) is 18.9 Å². The van der Waals surface area contributed by atoms with Crippen molar-refractivity contribution >= 4 is 5.78 Å². The maximum atomic E-state index is 11.8. The van der Waals surface area contributed by atoms with E-state index in [0.29, 0.717) is 30.6 Å². The van der Waals surface area contributed by atoms with E-state index in [1.54, 1.807) is 0 Å². The molecule has 84 valence electrons. The minimum absolute atomic E-state index is 0.0870. The maximum absolute atomic E-state index is 11.8. The lowest BCUT2D eigenvalue weighted by molar-refractivity contribution is -0.123. The van der Waals surface area contributed by atoms with Crippen LogP contribution in [0.1, 0.15) is 47.0 Å². The highest BCUT2D eigenvalue weighted by Crippen LogP contribution is 2.17. The molecule has 2 heteroatoms. The van der Waals surface area contributed by atoms with Crippen molar-refractivity contribution in [3.05, 3.63) is 0 Å². The number of carbonyl (C=O) groups excluding carboxylic acids is 1. The van der Waals surface area contributed by atoms with Crippen LogP contribution >= 0.6 is 0 Å². The second-order valence-electron chi connectivity index (χ2n) is 4.75. The normalized spacial score (nSPS) is 15.6. The van der Waals surface area contributed by atoms with E-state index >= 15 is 0 Å². The highest BCUT2D eigenvalue weighted by molar-refractivity contribution is 5.81. The van der Waals surface area contributed by atoms with Crippen LogP contribution in [-0.4, -0.2) is 12.3 Å². The fraction of sp³-hybridized carbons (Fsp3) is 0.917. The molecule has 0 amide bonds. The zero-order valence-corrected chi connectivity index (χ0v) is 10.0. The number of hydrogen-bond acceptors (Lipinski definition) is 2. The van der Waals surface area contributed by atoms with Gasteiger partial charge in [-0.1, -0.05) is 34.1 Å². The van der Waals surface area contributed by atoms with E-state index in [-0.39, 0.29) is 5.92 Å². The van der Waals surface area contributed by atoms with E-state index in [9.17, 15) is 4.79 Å². The van der Waals surface area contributed by atoms with Gasteiger partial charge < -0.3 is 5.73 Å². The number of hydrogen-bond donors (Lipinski definition) is 1. The molecule has 0 heterocycles. The van der Waals surface area contributed by atoms with Gasteiger partial charge in [0.1, 0.15) is 5.78 Å². The minimum Gasteiger partial charge on any atom is -0.330 e. The van der Waals surface area contributed by atoms with Gasteiger partial charge in [-0.2, -0.15) is 0 Å². The number of nitrogens with two attached hydrogens (primary N) is 1. The van der Waals surface area contributed by atoms with Gasteiger partial charge in [-0.15, -0.1) is 0 Å². The van der Waals surface area contributed by atoms with Crippen LogP contribution in [0.4, 0.5) is 0 Å². The van der Waals surface area contributed by atoms with Crippen LogP contribution in [0.3, 0.4) is 0 Å². The number of carbonyl (C=O) groups is 1. The molecular formula is C12H25NO.